The summed E-state index contributed by atoms with van der Waals surface area (Å²) in [6.07, 6.45) is 1.22. The van der Waals surface area contributed by atoms with E-state index in [1.54, 1.807) is 4.90 Å². The molecule has 3 heterocycles. The van der Waals surface area contributed by atoms with Crippen molar-refractivity contribution in [3.8, 4) is 0 Å². The van der Waals surface area contributed by atoms with E-state index in [-0.39, 0.29) is 17.3 Å². The molecule has 0 fully saturated rings. The molecular formula is C19H20F2N6O. The molecule has 0 atom stereocenters. The highest BCUT2D eigenvalue weighted by Crippen LogP contribution is 2.16. The second-order valence-electron chi connectivity index (χ2n) is 6.77. The molecule has 1 aliphatic rings. The van der Waals surface area contributed by atoms with Crippen molar-refractivity contribution >= 4 is 5.91 Å². The van der Waals surface area contributed by atoms with Crippen LogP contribution in [0.5, 0.6) is 0 Å². The number of hydrogen-bond donors (Lipinski definition) is 0. The highest BCUT2D eigenvalue weighted by molar-refractivity contribution is 5.92. The molecule has 0 radical (unpaired) electrons. The van der Waals surface area contributed by atoms with Gasteiger partial charge in [0, 0.05) is 31.6 Å². The van der Waals surface area contributed by atoms with Gasteiger partial charge in [0.1, 0.15) is 5.82 Å². The third-order valence-corrected chi connectivity index (χ3v) is 4.80. The fourth-order valence-corrected chi connectivity index (χ4v) is 3.36. The van der Waals surface area contributed by atoms with Crippen LogP contribution in [0.3, 0.4) is 0 Å². The number of halogens is 2. The van der Waals surface area contributed by atoms with E-state index < -0.39 is 6.55 Å². The Morgan fingerprint density at radius 3 is 2.64 bits per heavy atom. The Labute approximate surface area is 160 Å². The van der Waals surface area contributed by atoms with E-state index >= 15 is 0 Å². The van der Waals surface area contributed by atoms with Crippen molar-refractivity contribution in [3.05, 3.63) is 65.0 Å². The lowest BCUT2D eigenvalue weighted by molar-refractivity contribution is 0.0531. The molecule has 9 heteroatoms. The van der Waals surface area contributed by atoms with Crippen molar-refractivity contribution in [2.45, 2.75) is 32.9 Å². The average molecular weight is 386 g/mol. The minimum Gasteiger partial charge on any atom is -0.335 e. The lowest BCUT2D eigenvalue weighted by Crippen LogP contribution is -2.34. The molecule has 0 aliphatic carbocycles. The summed E-state index contributed by atoms with van der Waals surface area (Å²) in [5.41, 5.74) is 1.44. The third-order valence-electron chi connectivity index (χ3n) is 4.80. The number of aryl methyl sites for hydroxylation is 1. The molecule has 1 aromatic carbocycles. The van der Waals surface area contributed by atoms with Crippen LogP contribution in [0.15, 0.2) is 36.4 Å². The fourth-order valence-electron chi connectivity index (χ4n) is 3.36. The number of rotatable bonds is 4. The van der Waals surface area contributed by atoms with Gasteiger partial charge in [-0.15, -0.1) is 0 Å². The van der Waals surface area contributed by atoms with E-state index in [9.17, 15) is 13.6 Å². The highest BCUT2D eigenvalue weighted by Gasteiger charge is 2.25. The number of alkyl halides is 2. The summed E-state index contributed by atoms with van der Waals surface area (Å²) in [7, 11) is 0. The molecule has 0 spiro atoms. The van der Waals surface area contributed by atoms with E-state index in [0.717, 1.165) is 17.2 Å². The minimum atomic E-state index is -2.76. The van der Waals surface area contributed by atoms with Crippen LogP contribution in [0, 0.1) is 6.92 Å². The summed E-state index contributed by atoms with van der Waals surface area (Å²) < 4.78 is 28.2. The molecule has 0 saturated heterocycles. The summed E-state index contributed by atoms with van der Waals surface area (Å²) in [5.74, 6) is 1.24. The Morgan fingerprint density at radius 1 is 1.14 bits per heavy atom. The van der Waals surface area contributed by atoms with Gasteiger partial charge in [-0.3, -0.25) is 4.79 Å². The van der Waals surface area contributed by atoms with Crippen LogP contribution in [0.25, 0.3) is 0 Å². The Morgan fingerprint density at radius 2 is 1.93 bits per heavy atom. The SMILES string of the molecule is Cc1cc(C(=O)N2CCc3nc(Cc4ccccc4)nn3CC2)nn1C(F)F. The second-order valence-corrected chi connectivity index (χ2v) is 6.77. The summed E-state index contributed by atoms with van der Waals surface area (Å²) in [6.45, 7) is 0.135. The van der Waals surface area contributed by atoms with Gasteiger partial charge in [0.2, 0.25) is 0 Å². The normalized spacial score (nSPS) is 14.2. The van der Waals surface area contributed by atoms with Gasteiger partial charge in [0.05, 0.1) is 6.54 Å². The number of aromatic nitrogens is 5. The first-order valence-corrected chi connectivity index (χ1v) is 9.11. The lowest BCUT2D eigenvalue weighted by Gasteiger charge is -2.18. The van der Waals surface area contributed by atoms with Crippen LogP contribution >= 0.6 is 0 Å². The first-order valence-electron chi connectivity index (χ1n) is 9.11. The van der Waals surface area contributed by atoms with Crippen LogP contribution in [0.2, 0.25) is 0 Å². The quantitative estimate of drug-likeness (QED) is 0.691. The Bertz CT molecular complexity index is 956. The van der Waals surface area contributed by atoms with E-state index in [4.69, 9.17) is 0 Å². The van der Waals surface area contributed by atoms with Crippen LogP contribution in [-0.2, 0) is 19.4 Å². The van der Waals surface area contributed by atoms with Gasteiger partial charge in [-0.1, -0.05) is 30.3 Å². The smallest absolute Gasteiger partial charge is 0.333 e. The average Bonchev–Trinajstić information content (AvgIpc) is 3.20. The number of fused-ring (bicyclic) bond motifs is 1. The van der Waals surface area contributed by atoms with Gasteiger partial charge in [0.15, 0.2) is 11.5 Å². The van der Waals surface area contributed by atoms with E-state index in [2.05, 4.69) is 15.2 Å². The molecule has 4 rings (SSSR count). The van der Waals surface area contributed by atoms with Crippen molar-refractivity contribution in [1.29, 1.82) is 0 Å². The predicted molar refractivity (Wildman–Crippen MR) is 97.1 cm³/mol. The van der Waals surface area contributed by atoms with Crippen LogP contribution in [-0.4, -0.2) is 48.4 Å². The molecule has 2 aromatic heterocycles. The molecule has 0 N–H and O–H groups in total. The second kappa shape index (κ2) is 7.49. The minimum absolute atomic E-state index is 0.0371. The first-order chi connectivity index (χ1) is 13.5. The van der Waals surface area contributed by atoms with E-state index in [0.29, 0.717) is 37.2 Å². The van der Waals surface area contributed by atoms with E-state index in [1.165, 1.54) is 13.0 Å². The number of benzene rings is 1. The van der Waals surface area contributed by atoms with Crippen molar-refractivity contribution in [2.24, 2.45) is 0 Å². The van der Waals surface area contributed by atoms with Gasteiger partial charge in [-0.05, 0) is 18.6 Å². The van der Waals surface area contributed by atoms with Gasteiger partial charge >= 0.3 is 6.55 Å². The molecule has 7 nitrogen and oxygen atoms in total. The fraction of sp³-hybridized carbons (Fsp3) is 0.368. The maximum Gasteiger partial charge on any atom is 0.333 e. The summed E-state index contributed by atoms with van der Waals surface area (Å²) >= 11 is 0. The lowest BCUT2D eigenvalue weighted by atomic mass is 10.1. The van der Waals surface area contributed by atoms with Gasteiger partial charge < -0.3 is 4.90 Å². The number of amides is 1. The zero-order valence-corrected chi connectivity index (χ0v) is 15.4. The Balaban J connectivity index is 1.44. The molecule has 28 heavy (non-hydrogen) atoms. The standard InChI is InChI=1S/C19H20F2N6O/c1-13-11-15(23-27(13)19(20)21)18(28)25-8-7-17-22-16(24-26(17)10-9-25)12-14-5-3-2-4-6-14/h2-6,11,19H,7-10,12H2,1H3. The molecular weight excluding hydrogens is 366 g/mol. The maximum atomic E-state index is 12.9. The van der Waals surface area contributed by atoms with Gasteiger partial charge in [0.25, 0.3) is 5.91 Å². The Kier molecular flexibility index (Phi) is 4.89. The van der Waals surface area contributed by atoms with Crippen molar-refractivity contribution < 1.29 is 13.6 Å². The highest BCUT2D eigenvalue weighted by atomic mass is 19.3. The number of nitrogens with zero attached hydrogens (tertiary/aromatic N) is 6. The van der Waals surface area contributed by atoms with Gasteiger partial charge in [-0.25, -0.2) is 14.3 Å². The summed E-state index contributed by atoms with van der Waals surface area (Å²) in [4.78, 5) is 18.9. The number of hydrogen-bond acceptors (Lipinski definition) is 4. The number of carbonyl (C=O) groups excluding carboxylic acids is 1. The third kappa shape index (κ3) is 3.64. The van der Waals surface area contributed by atoms with Gasteiger partial charge in [-0.2, -0.15) is 19.0 Å². The molecule has 3 aromatic rings. The number of carbonyl (C=O) groups is 1. The summed E-state index contributed by atoms with van der Waals surface area (Å²) in [6, 6.07) is 11.4. The first kappa shape index (κ1) is 18.3. The molecule has 0 bridgehead atoms. The predicted octanol–water partition coefficient (Wildman–Crippen LogP) is 2.47. The van der Waals surface area contributed by atoms with Crippen molar-refractivity contribution in [2.75, 3.05) is 13.1 Å². The van der Waals surface area contributed by atoms with E-state index in [1.807, 2.05) is 35.0 Å². The molecule has 146 valence electrons. The molecule has 0 saturated carbocycles. The molecule has 1 aliphatic heterocycles. The largest absolute Gasteiger partial charge is 0.335 e. The van der Waals surface area contributed by atoms with Crippen molar-refractivity contribution in [1.82, 2.24) is 29.4 Å². The molecule has 0 unspecified atom stereocenters. The van der Waals surface area contributed by atoms with Crippen molar-refractivity contribution in [3.63, 3.8) is 0 Å². The van der Waals surface area contributed by atoms with Crippen LogP contribution < -0.4 is 0 Å². The zero-order chi connectivity index (χ0) is 19.7. The Hall–Kier alpha value is -3.10. The summed E-state index contributed by atoms with van der Waals surface area (Å²) in [5, 5.41) is 8.31. The topological polar surface area (TPSA) is 68.8 Å². The maximum absolute atomic E-state index is 12.9. The van der Waals surface area contributed by atoms with Crippen LogP contribution in [0.1, 0.15) is 39.9 Å². The monoisotopic (exact) mass is 386 g/mol. The molecule has 1 amide bonds. The van der Waals surface area contributed by atoms with Crippen LogP contribution in [0.4, 0.5) is 8.78 Å². The zero-order valence-electron chi connectivity index (χ0n) is 15.4.